The van der Waals surface area contributed by atoms with Gasteiger partial charge in [-0.05, 0) is 12.5 Å². The van der Waals surface area contributed by atoms with E-state index < -0.39 is 0 Å². The van der Waals surface area contributed by atoms with Crippen molar-refractivity contribution in [3.63, 3.8) is 0 Å². The number of hydrogen-bond acceptors (Lipinski definition) is 4. The predicted octanol–water partition coefficient (Wildman–Crippen LogP) is 2.55. The van der Waals surface area contributed by atoms with Crippen molar-refractivity contribution in [3.05, 3.63) is 52.0 Å². The Bertz CT molecular complexity index is 670. The van der Waals surface area contributed by atoms with Crippen molar-refractivity contribution in [1.82, 2.24) is 15.2 Å². The maximum absolute atomic E-state index is 12.0. The molecular formula is C18H23N3O2S. The Morgan fingerprint density at radius 1 is 1.25 bits per heavy atom. The fourth-order valence-electron chi connectivity index (χ4n) is 2.33. The van der Waals surface area contributed by atoms with Crippen molar-refractivity contribution in [2.24, 2.45) is 0 Å². The van der Waals surface area contributed by atoms with Gasteiger partial charge in [0.25, 0.3) is 0 Å². The van der Waals surface area contributed by atoms with E-state index in [2.05, 4.69) is 10.3 Å². The van der Waals surface area contributed by atoms with E-state index in [0.29, 0.717) is 26.1 Å². The van der Waals surface area contributed by atoms with Crippen molar-refractivity contribution < 1.29 is 9.59 Å². The fraction of sp³-hybridized carbons (Fsp3) is 0.389. The van der Waals surface area contributed by atoms with Crippen LogP contribution in [0.3, 0.4) is 0 Å². The Labute approximate surface area is 146 Å². The number of carbonyl (C=O) groups is 2. The molecule has 1 aromatic carbocycles. The first-order chi connectivity index (χ1) is 11.5. The van der Waals surface area contributed by atoms with Gasteiger partial charge in [0.05, 0.1) is 10.7 Å². The highest BCUT2D eigenvalue weighted by molar-refractivity contribution is 7.09. The number of aryl methyl sites for hydroxylation is 1. The molecule has 2 rings (SSSR count). The molecule has 0 saturated carbocycles. The van der Waals surface area contributed by atoms with Crippen LogP contribution in [0.5, 0.6) is 0 Å². The van der Waals surface area contributed by atoms with Gasteiger partial charge in [0, 0.05) is 44.8 Å². The van der Waals surface area contributed by atoms with Crippen molar-refractivity contribution in [2.45, 2.75) is 33.2 Å². The van der Waals surface area contributed by atoms with Crippen molar-refractivity contribution in [3.8, 4) is 0 Å². The van der Waals surface area contributed by atoms with Crippen LogP contribution in [-0.2, 0) is 22.6 Å². The van der Waals surface area contributed by atoms with E-state index in [-0.39, 0.29) is 11.8 Å². The van der Waals surface area contributed by atoms with Crippen LogP contribution < -0.4 is 5.32 Å². The van der Waals surface area contributed by atoms with Crippen LogP contribution in [0.4, 0.5) is 0 Å². The van der Waals surface area contributed by atoms with Crippen LogP contribution >= 0.6 is 11.3 Å². The highest BCUT2D eigenvalue weighted by Gasteiger charge is 2.11. The molecule has 0 aliphatic heterocycles. The summed E-state index contributed by atoms with van der Waals surface area (Å²) in [6.07, 6.45) is 1.04. The second-order valence-corrected chi connectivity index (χ2v) is 6.70. The maximum Gasteiger partial charge on any atom is 0.221 e. The van der Waals surface area contributed by atoms with Gasteiger partial charge in [-0.1, -0.05) is 30.3 Å². The lowest BCUT2D eigenvalue weighted by molar-refractivity contribution is -0.130. The van der Waals surface area contributed by atoms with E-state index in [4.69, 9.17) is 0 Å². The third-order valence-corrected chi connectivity index (χ3v) is 4.46. The summed E-state index contributed by atoms with van der Waals surface area (Å²) in [6.45, 7) is 5.02. The summed E-state index contributed by atoms with van der Waals surface area (Å²) < 4.78 is 0. The largest absolute Gasteiger partial charge is 0.356 e. The van der Waals surface area contributed by atoms with Gasteiger partial charge in [0.1, 0.15) is 0 Å². The first kappa shape index (κ1) is 18.1. The molecule has 2 aromatic rings. The first-order valence-electron chi connectivity index (χ1n) is 8.01. The lowest BCUT2D eigenvalue weighted by Gasteiger charge is -2.21. The van der Waals surface area contributed by atoms with E-state index in [0.717, 1.165) is 22.7 Å². The minimum Gasteiger partial charge on any atom is -0.356 e. The van der Waals surface area contributed by atoms with Gasteiger partial charge in [0.2, 0.25) is 11.8 Å². The molecule has 5 nitrogen and oxygen atoms in total. The molecule has 1 N–H and O–H groups in total. The molecule has 1 heterocycles. The van der Waals surface area contributed by atoms with Crippen molar-refractivity contribution in [1.29, 1.82) is 0 Å². The topological polar surface area (TPSA) is 62.3 Å². The predicted molar refractivity (Wildman–Crippen MR) is 95.7 cm³/mol. The van der Waals surface area contributed by atoms with Crippen LogP contribution in [0.2, 0.25) is 0 Å². The normalized spacial score (nSPS) is 10.4. The molecule has 1 aromatic heterocycles. The molecule has 0 fully saturated rings. The summed E-state index contributed by atoms with van der Waals surface area (Å²) in [5.41, 5.74) is 2.07. The van der Waals surface area contributed by atoms with E-state index >= 15 is 0 Å². The van der Waals surface area contributed by atoms with Gasteiger partial charge in [0.15, 0.2) is 0 Å². The highest BCUT2D eigenvalue weighted by atomic mass is 32.1. The third kappa shape index (κ3) is 6.12. The monoisotopic (exact) mass is 345 g/mol. The summed E-state index contributed by atoms with van der Waals surface area (Å²) in [4.78, 5) is 29.8. The van der Waals surface area contributed by atoms with Crippen LogP contribution in [0, 0.1) is 6.92 Å². The quantitative estimate of drug-likeness (QED) is 0.800. The van der Waals surface area contributed by atoms with E-state index in [1.807, 2.05) is 42.6 Å². The number of nitrogens with zero attached hydrogens (tertiary/aromatic N) is 2. The molecule has 6 heteroatoms. The molecule has 0 aliphatic carbocycles. The second kappa shape index (κ2) is 9.17. The molecule has 0 unspecified atom stereocenters. The summed E-state index contributed by atoms with van der Waals surface area (Å²) in [5, 5.41) is 5.94. The van der Waals surface area contributed by atoms with Gasteiger partial charge >= 0.3 is 0 Å². The molecule has 0 saturated heterocycles. The average molecular weight is 345 g/mol. The fourth-order valence-corrected chi connectivity index (χ4v) is 2.98. The zero-order chi connectivity index (χ0) is 17.4. The van der Waals surface area contributed by atoms with Crippen molar-refractivity contribution in [2.75, 3.05) is 13.1 Å². The van der Waals surface area contributed by atoms with Crippen LogP contribution in [0.25, 0.3) is 0 Å². The van der Waals surface area contributed by atoms with Gasteiger partial charge in [-0.25, -0.2) is 4.98 Å². The Kier molecular flexibility index (Phi) is 6.93. The smallest absolute Gasteiger partial charge is 0.221 e. The Balaban J connectivity index is 1.72. The lowest BCUT2D eigenvalue weighted by atomic mass is 10.2. The molecule has 24 heavy (non-hydrogen) atoms. The Morgan fingerprint density at radius 3 is 2.62 bits per heavy atom. The zero-order valence-electron chi connectivity index (χ0n) is 14.1. The standard InChI is InChI=1S/C18H23N3O2S/c1-14-20-17(13-24-14)8-10-19-18(23)9-11-21(15(2)22)12-16-6-4-3-5-7-16/h3-7,13H,8-12H2,1-2H3,(H,19,23). The molecule has 0 atom stereocenters. The zero-order valence-corrected chi connectivity index (χ0v) is 14.9. The third-order valence-electron chi connectivity index (χ3n) is 3.64. The van der Waals surface area contributed by atoms with E-state index in [1.165, 1.54) is 6.92 Å². The summed E-state index contributed by atoms with van der Waals surface area (Å²) in [6, 6.07) is 9.79. The molecule has 2 amide bonds. The summed E-state index contributed by atoms with van der Waals surface area (Å²) >= 11 is 1.61. The van der Waals surface area contributed by atoms with Gasteiger partial charge in [-0.3, -0.25) is 9.59 Å². The Hall–Kier alpha value is -2.21. The SMILES string of the molecule is CC(=O)N(CCC(=O)NCCc1csc(C)n1)Cc1ccccc1. The van der Waals surface area contributed by atoms with Crippen LogP contribution in [0.15, 0.2) is 35.7 Å². The number of aromatic nitrogens is 1. The number of amides is 2. The van der Waals surface area contributed by atoms with Gasteiger partial charge < -0.3 is 10.2 Å². The number of benzene rings is 1. The number of rotatable bonds is 8. The molecule has 0 bridgehead atoms. The molecule has 128 valence electrons. The molecule has 0 aliphatic rings. The van der Waals surface area contributed by atoms with Crippen LogP contribution in [0.1, 0.15) is 29.6 Å². The molecular weight excluding hydrogens is 322 g/mol. The summed E-state index contributed by atoms with van der Waals surface area (Å²) in [7, 11) is 0. The maximum atomic E-state index is 12.0. The number of carbonyl (C=O) groups excluding carboxylic acids is 2. The van der Waals surface area contributed by atoms with E-state index in [9.17, 15) is 9.59 Å². The average Bonchev–Trinajstić information content (AvgIpc) is 2.97. The molecule has 0 spiro atoms. The first-order valence-corrected chi connectivity index (χ1v) is 8.89. The minimum absolute atomic E-state index is 0.0235. The molecule has 0 radical (unpaired) electrons. The lowest BCUT2D eigenvalue weighted by Crippen LogP contribution is -2.34. The number of thiazole rings is 1. The Morgan fingerprint density at radius 2 is 2.00 bits per heavy atom. The van der Waals surface area contributed by atoms with E-state index in [1.54, 1.807) is 16.2 Å². The second-order valence-electron chi connectivity index (χ2n) is 5.63. The van der Waals surface area contributed by atoms with Crippen molar-refractivity contribution >= 4 is 23.2 Å². The van der Waals surface area contributed by atoms with Gasteiger partial charge in [-0.2, -0.15) is 0 Å². The minimum atomic E-state index is -0.0405. The summed E-state index contributed by atoms with van der Waals surface area (Å²) in [5.74, 6) is -0.0640. The highest BCUT2D eigenvalue weighted by Crippen LogP contribution is 2.08. The number of hydrogen-bond donors (Lipinski definition) is 1. The number of nitrogens with one attached hydrogen (secondary N) is 1. The van der Waals surface area contributed by atoms with Gasteiger partial charge in [-0.15, -0.1) is 11.3 Å². The van der Waals surface area contributed by atoms with Crippen LogP contribution in [-0.4, -0.2) is 34.8 Å².